The summed E-state index contributed by atoms with van der Waals surface area (Å²) in [6, 6.07) is 7.14. The lowest BCUT2D eigenvalue weighted by Crippen LogP contribution is -2.39. The quantitative estimate of drug-likeness (QED) is 0.705. The monoisotopic (exact) mass is 322 g/mol. The molecule has 2 aromatic rings. The van der Waals surface area contributed by atoms with E-state index in [9.17, 15) is 0 Å². The van der Waals surface area contributed by atoms with E-state index in [-0.39, 0.29) is 0 Å². The highest BCUT2D eigenvalue weighted by atomic mass is 15.0. The summed E-state index contributed by atoms with van der Waals surface area (Å²) >= 11 is 0. The summed E-state index contributed by atoms with van der Waals surface area (Å²) in [5.41, 5.74) is 5.61. The Labute approximate surface area is 146 Å². The highest BCUT2D eigenvalue weighted by Crippen LogP contribution is 2.51. The first-order valence-corrected chi connectivity index (χ1v) is 9.88. The molecule has 0 bridgehead atoms. The molecule has 0 N–H and O–H groups in total. The second kappa shape index (κ2) is 6.74. The van der Waals surface area contributed by atoms with Gasteiger partial charge in [-0.1, -0.05) is 38.0 Å². The minimum atomic E-state index is 0.484. The fraction of sp³-hybridized carbons (Fsp3) is 0.591. The Bertz CT molecular complexity index is 673. The van der Waals surface area contributed by atoms with Crippen molar-refractivity contribution < 1.29 is 0 Å². The van der Waals surface area contributed by atoms with E-state index in [0.29, 0.717) is 5.41 Å². The zero-order valence-corrected chi connectivity index (χ0v) is 15.0. The van der Waals surface area contributed by atoms with Crippen molar-refractivity contribution in [3.05, 3.63) is 53.6 Å². The molecule has 4 rings (SSSR count). The highest BCUT2D eigenvalue weighted by Gasteiger charge is 2.42. The van der Waals surface area contributed by atoms with Crippen LogP contribution in [0.15, 0.2) is 36.9 Å². The Kier molecular flexibility index (Phi) is 4.47. The Balaban J connectivity index is 1.61. The minimum Gasteiger partial charge on any atom is -0.337 e. The van der Waals surface area contributed by atoms with Crippen LogP contribution in [0, 0.1) is 5.92 Å². The van der Waals surface area contributed by atoms with Gasteiger partial charge in [0.1, 0.15) is 0 Å². The predicted molar refractivity (Wildman–Crippen MR) is 99.2 cm³/mol. The fourth-order valence-corrected chi connectivity index (χ4v) is 5.42. The number of imidazole rings is 1. The molecule has 0 spiro atoms. The van der Waals surface area contributed by atoms with Crippen molar-refractivity contribution in [1.29, 1.82) is 0 Å². The lowest BCUT2D eigenvalue weighted by Gasteiger charge is -2.47. The van der Waals surface area contributed by atoms with Crippen LogP contribution in [0.2, 0.25) is 0 Å². The Hall–Kier alpha value is -1.57. The van der Waals surface area contributed by atoms with Gasteiger partial charge < -0.3 is 4.57 Å². The molecule has 2 aliphatic carbocycles. The number of hydrogen-bond acceptors (Lipinski definition) is 1. The molecular weight excluding hydrogens is 292 g/mol. The van der Waals surface area contributed by atoms with Gasteiger partial charge in [0, 0.05) is 18.9 Å². The third-order valence-corrected chi connectivity index (χ3v) is 6.42. The molecule has 1 aromatic heterocycles. The van der Waals surface area contributed by atoms with Crippen LogP contribution in [0.25, 0.3) is 0 Å². The summed E-state index contributed by atoms with van der Waals surface area (Å²) in [4.78, 5) is 4.19. The van der Waals surface area contributed by atoms with E-state index in [1.165, 1.54) is 57.8 Å². The number of unbranched alkanes of at least 4 members (excludes halogenated alkanes) is 1. The van der Waals surface area contributed by atoms with E-state index >= 15 is 0 Å². The Morgan fingerprint density at radius 2 is 2.21 bits per heavy atom. The van der Waals surface area contributed by atoms with Crippen LogP contribution in [-0.4, -0.2) is 9.55 Å². The van der Waals surface area contributed by atoms with Crippen LogP contribution in [0.1, 0.15) is 68.6 Å². The van der Waals surface area contributed by atoms with Crippen molar-refractivity contribution in [2.24, 2.45) is 5.92 Å². The predicted octanol–water partition coefficient (Wildman–Crippen LogP) is 5.30. The lowest BCUT2D eigenvalue weighted by molar-refractivity contribution is 0.218. The zero-order chi connectivity index (χ0) is 16.4. The molecule has 0 saturated heterocycles. The van der Waals surface area contributed by atoms with Crippen molar-refractivity contribution in [1.82, 2.24) is 9.55 Å². The first-order valence-electron chi connectivity index (χ1n) is 9.88. The minimum absolute atomic E-state index is 0.484. The normalized spacial score (nSPS) is 25.5. The summed E-state index contributed by atoms with van der Waals surface area (Å²) in [5, 5.41) is 0. The van der Waals surface area contributed by atoms with Crippen LogP contribution in [-0.2, 0) is 24.8 Å². The molecule has 0 radical (unpaired) electrons. The summed E-state index contributed by atoms with van der Waals surface area (Å²) in [6.07, 6.45) is 18.1. The number of benzene rings is 1. The summed E-state index contributed by atoms with van der Waals surface area (Å²) in [5.74, 6) is 0.824. The standard InChI is InChI=1S/C22H30N2/c1-2-3-10-22-11-5-8-19-6-4-7-20(21(19)22)15-18(16-22)9-13-24-14-12-23-17-24/h4,6-7,12,14,17-18H,2-3,5,8-11,13,15-16H2,1H3. The molecule has 0 fully saturated rings. The van der Waals surface area contributed by atoms with Gasteiger partial charge >= 0.3 is 0 Å². The third-order valence-electron chi connectivity index (χ3n) is 6.42. The maximum atomic E-state index is 4.19. The maximum absolute atomic E-state index is 4.19. The van der Waals surface area contributed by atoms with Gasteiger partial charge in [0.2, 0.25) is 0 Å². The van der Waals surface area contributed by atoms with Crippen molar-refractivity contribution in [3.63, 3.8) is 0 Å². The molecule has 1 aromatic carbocycles. The van der Waals surface area contributed by atoms with Gasteiger partial charge in [-0.05, 0) is 73.0 Å². The Morgan fingerprint density at radius 3 is 3.04 bits per heavy atom. The van der Waals surface area contributed by atoms with Crippen LogP contribution in [0.5, 0.6) is 0 Å². The van der Waals surface area contributed by atoms with Crippen molar-refractivity contribution in [2.45, 2.75) is 76.7 Å². The van der Waals surface area contributed by atoms with Gasteiger partial charge in [-0.2, -0.15) is 0 Å². The number of aryl methyl sites for hydroxylation is 2. The molecule has 2 atom stereocenters. The molecule has 2 aliphatic rings. The topological polar surface area (TPSA) is 17.8 Å². The van der Waals surface area contributed by atoms with Gasteiger partial charge in [-0.25, -0.2) is 4.98 Å². The maximum Gasteiger partial charge on any atom is 0.0945 e. The molecule has 2 unspecified atom stereocenters. The number of aromatic nitrogens is 2. The smallest absolute Gasteiger partial charge is 0.0945 e. The van der Waals surface area contributed by atoms with Crippen LogP contribution in [0.4, 0.5) is 0 Å². The first kappa shape index (κ1) is 15.9. The Morgan fingerprint density at radius 1 is 1.29 bits per heavy atom. The van der Waals surface area contributed by atoms with Crippen LogP contribution < -0.4 is 0 Å². The molecule has 2 nitrogen and oxygen atoms in total. The fourth-order valence-electron chi connectivity index (χ4n) is 5.42. The molecular formula is C22H30N2. The van der Waals surface area contributed by atoms with E-state index in [4.69, 9.17) is 0 Å². The largest absolute Gasteiger partial charge is 0.337 e. The highest BCUT2D eigenvalue weighted by molar-refractivity contribution is 5.45. The zero-order valence-electron chi connectivity index (χ0n) is 15.0. The van der Waals surface area contributed by atoms with E-state index in [2.05, 4.69) is 40.9 Å². The molecule has 0 amide bonds. The van der Waals surface area contributed by atoms with Gasteiger partial charge in [0.25, 0.3) is 0 Å². The van der Waals surface area contributed by atoms with Crippen molar-refractivity contribution in [3.8, 4) is 0 Å². The van der Waals surface area contributed by atoms with E-state index in [1.807, 2.05) is 12.5 Å². The number of rotatable bonds is 6. The average Bonchev–Trinajstić information content (AvgIpc) is 3.12. The number of nitrogens with zero attached hydrogens (tertiary/aromatic N) is 2. The van der Waals surface area contributed by atoms with E-state index < -0.39 is 0 Å². The van der Waals surface area contributed by atoms with Crippen LogP contribution >= 0.6 is 0 Å². The summed E-state index contributed by atoms with van der Waals surface area (Å²) in [7, 11) is 0. The van der Waals surface area contributed by atoms with Gasteiger partial charge in [0.05, 0.1) is 6.33 Å². The molecule has 2 heteroatoms. The van der Waals surface area contributed by atoms with Gasteiger partial charge in [-0.15, -0.1) is 0 Å². The average molecular weight is 322 g/mol. The SMILES string of the molecule is CCCCC12CCCc3cccc(c31)CC(CCn1ccnc1)C2. The van der Waals surface area contributed by atoms with Crippen LogP contribution in [0.3, 0.4) is 0 Å². The van der Waals surface area contributed by atoms with Gasteiger partial charge in [0.15, 0.2) is 0 Å². The lowest BCUT2D eigenvalue weighted by atomic mass is 9.58. The molecule has 24 heavy (non-hydrogen) atoms. The summed E-state index contributed by atoms with van der Waals surface area (Å²) in [6.45, 7) is 3.45. The number of hydrogen-bond donors (Lipinski definition) is 0. The summed E-state index contributed by atoms with van der Waals surface area (Å²) < 4.78 is 2.24. The van der Waals surface area contributed by atoms with E-state index in [1.54, 1.807) is 16.7 Å². The molecule has 0 saturated carbocycles. The molecule has 0 aliphatic heterocycles. The molecule has 128 valence electrons. The van der Waals surface area contributed by atoms with Crippen molar-refractivity contribution >= 4 is 0 Å². The second-order valence-electron chi connectivity index (χ2n) is 8.05. The molecule has 1 heterocycles. The third kappa shape index (κ3) is 2.92. The van der Waals surface area contributed by atoms with Gasteiger partial charge in [-0.3, -0.25) is 0 Å². The second-order valence-corrected chi connectivity index (χ2v) is 8.05. The van der Waals surface area contributed by atoms with Crippen molar-refractivity contribution in [2.75, 3.05) is 0 Å². The van der Waals surface area contributed by atoms with E-state index in [0.717, 1.165) is 12.5 Å². The first-order chi connectivity index (χ1) is 11.8.